The molecule has 1 aliphatic carbocycles. The molecule has 1 atom stereocenters. The molecule has 6 heteroatoms. The first-order valence-corrected chi connectivity index (χ1v) is 9.70. The Kier molecular flexibility index (Phi) is 4.35. The van der Waals surface area contributed by atoms with Crippen molar-refractivity contribution in [1.82, 2.24) is 5.32 Å². The predicted octanol–water partition coefficient (Wildman–Crippen LogP) is 3.71. The smallest absolute Gasteiger partial charge is 0.222 e. The van der Waals surface area contributed by atoms with Crippen LogP contribution in [0.25, 0.3) is 0 Å². The fourth-order valence-electron chi connectivity index (χ4n) is 2.94. The van der Waals surface area contributed by atoms with Crippen LogP contribution in [0.5, 0.6) is 11.5 Å². The molecule has 1 N–H and O–H groups in total. The molecule has 124 valence electrons. The molecule has 0 radical (unpaired) electrons. The van der Waals surface area contributed by atoms with E-state index < -0.39 is 10.3 Å². The van der Waals surface area contributed by atoms with Gasteiger partial charge >= 0.3 is 0 Å². The number of hydrogen-bond donors (Lipinski definition) is 1. The van der Waals surface area contributed by atoms with Crippen LogP contribution < -0.4 is 14.2 Å². The molecule has 0 saturated heterocycles. The van der Waals surface area contributed by atoms with Gasteiger partial charge < -0.3 is 14.2 Å². The van der Waals surface area contributed by atoms with Crippen LogP contribution in [-0.2, 0) is 4.79 Å². The van der Waals surface area contributed by atoms with Crippen LogP contribution in [0, 0.1) is 0 Å². The number of nitrogens with zero attached hydrogens (tertiary/aromatic N) is 1. The van der Waals surface area contributed by atoms with Gasteiger partial charge in [0.25, 0.3) is 0 Å². The summed E-state index contributed by atoms with van der Waals surface area (Å²) in [4.78, 5) is 17.5. The highest BCUT2D eigenvalue weighted by molar-refractivity contribution is 8.44. The van der Waals surface area contributed by atoms with Crippen molar-refractivity contribution in [3.8, 4) is 11.5 Å². The third-order valence-corrected chi connectivity index (χ3v) is 6.89. The van der Waals surface area contributed by atoms with E-state index in [4.69, 9.17) is 8.92 Å². The summed E-state index contributed by atoms with van der Waals surface area (Å²) in [5, 5.41) is 3.55. The Hall–Kier alpha value is -1.95. The van der Waals surface area contributed by atoms with E-state index in [-0.39, 0.29) is 5.91 Å². The van der Waals surface area contributed by atoms with Gasteiger partial charge in [0.2, 0.25) is 5.91 Å². The number of amidine groups is 1. The molecule has 1 aromatic rings. The third-order valence-electron chi connectivity index (χ3n) is 4.05. The summed E-state index contributed by atoms with van der Waals surface area (Å²) in [5.74, 6) is 1.37. The maximum atomic E-state index is 11.6. The monoisotopic (exact) mass is 334 g/mol. The number of amides is 1. The van der Waals surface area contributed by atoms with Gasteiger partial charge in [-0.25, -0.2) is 4.99 Å². The molecule has 0 spiro atoms. The number of nitrogens with one attached hydrogen (secondary N) is 1. The van der Waals surface area contributed by atoms with Gasteiger partial charge in [-0.2, -0.15) is 0 Å². The minimum absolute atomic E-state index is 0.114. The lowest BCUT2D eigenvalue weighted by molar-refractivity contribution is -0.117. The highest BCUT2D eigenvalue weighted by Gasteiger charge is 2.40. The molecular weight excluding hydrogens is 312 g/mol. The average Bonchev–Trinajstić information content (AvgIpc) is 2.79. The molecular formula is C17H22N2O3S. The number of rotatable bonds is 3. The number of hydrogen-bond acceptors (Lipinski definition) is 4. The molecule has 1 amide bonds. The fraction of sp³-hybridized carbons (Fsp3) is 0.412. The van der Waals surface area contributed by atoms with Crippen LogP contribution >= 0.6 is 10.3 Å². The topological polar surface area (TPSA) is 59.9 Å². The minimum Gasteiger partial charge on any atom is -0.497 e. The molecule has 0 bridgehead atoms. The lowest BCUT2D eigenvalue weighted by Crippen LogP contribution is -2.33. The van der Waals surface area contributed by atoms with Crippen molar-refractivity contribution < 1.29 is 13.7 Å². The van der Waals surface area contributed by atoms with Crippen LogP contribution in [0.15, 0.2) is 39.9 Å². The molecule has 5 nitrogen and oxygen atoms in total. The number of benzene rings is 1. The summed E-state index contributed by atoms with van der Waals surface area (Å²) in [6.45, 7) is 1.51. The first-order chi connectivity index (χ1) is 11.0. The van der Waals surface area contributed by atoms with E-state index in [2.05, 4.69) is 16.6 Å². The summed E-state index contributed by atoms with van der Waals surface area (Å²) in [6, 6.07) is 7.56. The second-order valence-corrected chi connectivity index (χ2v) is 8.51. The van der Waals surface area contributed by atoms with Gasteiger partial charge in [0.05, 0.1) is 12.8 Å². The molecule has 1 aromatic carbocycles. The summed E-state index contributed by atoms with van der Waals surface area (Å²) >= 11 is 0. The van der Waals surface area contributed by atoms with Gasteiger partial charge in [0, 0.05) is 24.2 Å². The highest BCUT2D eigenvalue weighted by atomic mass is 32.3. The SMILES string of the molecule is COc1cccc(OS2(C)C(NC(C)=O)=NC3=C2CCCC3)c1. The molecule has 1 aliphatic heterocycles. The van der Waals surface area contributed by atoms with E-state index in [9.17, 15) is 4.79 Å². The Morgan fingerprint density at radius 3 is 2.74 bits per heavy atom. The van der Waals surface area contributed by atoms with Gasteiger partial charge in [0.1, 0.15) is 11.5 Å². The lowest BCUT2D eigenvalue weighted by Gasteiger charge is -2.36. The summed E-state index contributed by atoms with van der Waals surface area (Å²) in [5.41, 5.74) is 1.10. The lowest BCUT2D eigenvalue weighted by atomic mass is 10.1. The van der Waals surface area contributed by atoms with Crippen molar-refractivity contribution >= 4 is 21.4 Å². The molecule has 0 fully saturated rings. The quantitative estimate of drug-likeness (QED) is 0.916. The fourth-order valence-corrected chi connectivity index (χ4v) is 5.59. The number of carbonyl (C=O) groups excluding carboxylic acids is 1. The van der Waals surface area contributed by atoms with Crippen molar-refractivity contribution in [1.29, 1.82) is 0 Å². The Morgan fingerprint density at radius 2 is 2.00 bits per heavy atom. The molecule has 1 heterocycles. The maximum absolute atomic E-state index is 11.6. The summed E-state index contributed by atoms with van der Waals surface area (Å²) in [6.07, 6.45) is 6.30. The van der Waals surface area contributed by atoms with Crippen LogP contribution in [-0.4, -0.2) is 24.4 Å². The van der Waals surface area contributed by atoms with Crippen molar-refractivity contribution in [2.24, 2.45) is 4.99 Å². The van der Waals surface area contributed by atoms with Gasteiger partial charge in [-0.1, -0.05) is 6.07 Å². The van der Waals surface area contributed by atoms with E-state index in [1.807, 2.05) is 24.3 Å². The largest absolute Gasteiger partial charge is 0.497 e. The Morgan fingerprint density at radius 1 is 1.26 bits per heavy atom. The van der Waals surface area contributed by atoms with E-state index in [1.165, 1.54) is 11.8 Å². The standard InChI is InChI=1S/C17H22N2O3S/c1-12(20)18-17-19-15-9-4-5-10-16(15)23(17,3)22-14-8-6-7-13(11-14)21-2/h6-8,11H,4-5,9-10H2,1-3H3,(H,18,19,20). The first kappa shape index (κ1) is 15.9. The zero-order valence-electron chi connectivity index (χ0n) is 13.7. The zero-order chi connectivity index (χ0) is 16.4. The number of aliphatic imine (C=N–C) groups is 1. The molecule has 0 saturated carbocycles. The summed E-state index contributed by atoms with van der Waals surface area (Å²) < 4.78 is 11.7. The van der Waals surface area contributed by atoms with E-state index in [0.29, 0.717) is 5.17 Å². The molecule has 1 unspecified atom stereocenters. The van der Waals surface area contributed by atoms with E-state index in [1.54, 1.807) is 7.11 Å². The number of carbonyl (C=O) groups is 1. The normalized spacial score (nSPS) is 26.0. The number of ether oxygens (including phenoxy) is 1. The molecule has 2 aliphatic rings. The van der Waals surface area contributed by atoms with Crippen LogP contribution in [0.1, 0.15) is 32.6 Å². The maximum Gasteiger partial charge on any atom is 0.222 e. The van der Waals surface area contributed by atoms with E-state index >= 15 is 0 Å². The minimum atomic E-state index is -1.78. The third kappa shape index (κ3) is 3.08. The van der Waals surface area contributed by atoms with Crippen LogP contribution in [0.4, 0.5) is 0 Å². The van der Waals surface area contributed by atoms with Gasteiger partial charge in [-0.3, -0.25) is 4.79 Å². The van der Waals surface area contributed by atoms with Gasteiger partial charge in [0.15, 0.2) is 5.17 Å². The Bertz CT molecular complexity index is 699. The highest BCUT2D eigenvalue weighted by Crippen LogP contribution is 2.61. The molecule has 3 rings (SSSR count). The van der Waals surface area contributed by atoms with Crippen LogP contribution in [0.3, 0.4) is 0 Å². The Balaban J connectivity index is 1.95. The van der Waals surface area contributed by atoms with Gasteiger partial charge in [-0.05, 0) is 48.1 Å². The van der Waals surface area contributed by atoms with Crippen molar-refractivity contribution in [3.05, 3.63) is 34.9 Å². The second kappa shape index (κ2) is 6.28. The number of allylic oxidation sites excluding steroid dienone is 2. The molecule has 23 heavy (non-hydrogen) atoms. The first-order valence-electron chi connectivity index (χ1n) is 7.73. The van der Waals surface area contributed by atoms with Crippen molar-refractivity contribution in [2.45, 2.75) is 32.6 Å². The summed E-state index contributed by atoms with van der Waals surface area (Å²) in [7, 11) is -0.142. The van der Waals surface area contributed by atoms with E-state index in [0.717, 1.165) is 42.9 Å². The van der Waals surface area contributed by atoms with Crippen molar-refractivity contribution in [3.63, 3.8) is 0 Å². The number of methoxy groups -OCH3 is 1. The van der Waals surface area contributed by atoms with Crippen molar-refractivity contribution in [2.75, 3.05) is 13.4 Å². The Labute approximate surface area is 138 Å². The molecule has 0 aromatic heterocycles. The van der Waals surface area contributed by atoms with Gasteiger partial charge in [-0.15, -0.1) is 0 Å². The zero-order valence-corrected chi connectivity index (χ0v) is 14.5. The van der Waals surface area contributed by atoms with Crippen LogP contribution in [0.2, 0.25) is 0 Å². The second-order valence-electron chi connectivity index (χ2n) is 5.78. The predicted molar refractivity (Wildman–Crippen MR) is 93.9 cm³/mol. The average molecular weight is 334 g/mol.